The number of nitrogens with one attached hydrogen (secondary N) is 1. The molecule has 96 valence electrons. The van der Waals surface area contributed by atoms with Crippen LogP contribution < -0.4 is 5.56 Å². The van der Waals surface area contributed by atoms with Crippen molar-refractivity contribution in [3.8, 4) is 0 Å². The van der Waals surface area contributed by atoms with Crippen molar-refractivity contribution in [2.75, 3.05) is 0 Å². The number of aromatic nitrogens is 5. The summed E-state index contributed by atoms with van der Waals surface area (Å²) >= 11 is 0. The third kappa shape index (κ3) is 2.01. The zero-order valence-electron chi connectivity index (χ0n) is 10.7. The van der Waals surface area contributed by atoms with Gasteiger partial charge >= 0.3 is 0 Å². The zero-order valence-corrected chi connectivity index (χ0v) is 10.7. The fourth-order valence-electron chi connectivity index (χ4n) is 2.04. The molecule has 2 heterocycles. The van der Waals surface area contributed by atoms with E-state index in [1.54, 1.807) is 0 Å². The van der Waals surface area contributed by atoms with Gasteiger partial charge in [-0.05, 0) is 19.4 Å². The van der Waals surface area contributed by atoms with Crippen molar-refractivity contribution in [3.63, 3.8) is 0 Å². The van der Waals surface area contributed by atoms with E-state index in [1.807, 2.05) is 38.1 Å². The third-order valence-corrected chi connectivity index (χ3v) is 3.02. The van der Waals surface area contributed by atoms with Crippen LogP contribution in [0.3, 0.4) is 0 Å². The molecule has 0 amide bonds. The first-order chi connectivity index (χ1) is 9.15. The molecule has 0 aliphatic heterocycles. The molecule has 0 radical (unpaired) electrons. The van der Waals surface area contributed by atoms with E-state index in [-0.39, 0.29) is 5.56 Å². The van der Waals surface area contributed by atoms with Crippen LogP contribution >= 0.6 is 0 Å². The molecule has 0 bridgehead atoms. The minimum Gasteiger partial charge on any atom is -0.280 e. The molecule has 0 atom stereocenters. The number of hydrogen-bond acceptors (Lipinski definition) is 4. The van der Waals surface area contributed by atoms with Crippen LogP contribution in [0.25, 0.3) is 11.0 Å². The van der Waals surface area contributed by atoms with E-state index >= 15 is 0 Å². The fourth-order valence-corrected chi connectivity index (χ4v) is 2.04. The van der Waals surface area contributed by atoms with Gasteiger partial charge in [0.05, 0.1) is 12.2 Å². The van der Waals surface area contributed by atoms with Gasteiger partial charge in [0.1, 0.15) is 5.52 Å². The first-order valence-electron chi connectivity index (χ1n) is 5.99. The van der Waals surface area contributed by atoms with Crippen LogP contribution in [0.1, 0.15) is 16.8 Å². The molecular weight excluding hydrogens is 242 g/mol. The van der Waals surface area contributed by atoms with Crippen molar-refractivity contribution in [3.05, 3.63) is 51.4 Å². The first kappa shape index (κ1) is 11.6. The third-order valence-electron chi connectivity index (χ3n) is 3.02. The number of hydrogen-bond donors (Lipinski definition) is 1. The van der Waals surface area contributed by atoms with E-state index in [1.165, 1.54) is 4.68 Å². The summed E-state index contributed by atoms with van der Waals surface area (Å²) in [6.07, 6.45) is 0. The molecule has 0 spiro atoms. The lowest BCUT2D eigenvalue weighted by atomic mass is 10.1. The standard InChI is InChI=1S/C13H13N5O/c1-8-4-3-5-10(6-8)7-18-13(19)12-11(16-17-18)9(2)14-15-12/h3-6H,7H2,1-2H3,(H,14,15). The van der Waals surface area contributed by atoms with Gasteiger partial charge < -0.3 is 0 Å². The van der Waals surface area contributed by atoms with Crippen molar-refractivity contribution in [1.82, 2.24) is 25.2 Å². The summed E-state index contributed by atoms with van der Waals surface area (Å²) in [5, 5.41) is 14.7. The molecule has 0 aliphatic rings. The Kier molecular flexibility index (Phi) is 2.63. The van der Waals surface area contributed by atoms with Crippen LogP contribution in [-0.2, 0) is 6.54 Å². The van der Waals surface area contributed by atoms with Crippen LogP contribution in [0.5, 0.6) is 0 Å². The molecule has 6 heteroatoms. The van der Waals surface area contributed by atoms with Gasteiger partial charge in [0, 0.05) is 0 Å². The van der Waals surface area contributed by atoms with Gasteiger partial charge in [-0.25, -0.2) is 4.68 Å². The summed E-state index contributed by atoms with van der Waals surface area (Å²) in [6.45, 7) is 4.22. The quantitative estimate of drug-likeness (QED) is 0.746. The Balaban J connectivity index is 2.06. The number of fused-ring (bicyclic) bond motifs is 1. The van der Waals surface area contributed by atoms with Crippen molar-refractivity contribution in [2.45, 2.75) is 20.4 Å². The summed E-state index contributed by atoms with van der Waals surface area (Å²) in [6, 6.07) is 7.95. The molecule has 1 N–H and O–H groups in total. The Labute approximate surface area is 109 Å². The van der Waals surface area contributed by atoms with E-state index in [0.29, 0.717) is 17.6 Å². The van der Waals surface area contributed by atoms with Crippen molar-refractivity contribution >= 4 is 11.0 Å². The molecule has 2 aromatic heterocycles. The predicted octanol–water partition coefficient (Wildman–Crippen LogP) is 1.18. The highest BCUT2D eigenvalue weighted by atomic mass is 16.1. The summed E-state index contributed by atoms with van der Waals surface area (Å²) in [4.78, 5) is 12.2. The highest BCUT2D eigenvalue weighted by Crippen LogP contribution is 2.07. The Morgan fingerprint density at radius 3 is 2.89 bits per heavy atom. The minimum atomic E-state index is -0.226. The summed E-state index contributed by atoms with van der Waals surface area (Å²) in [7, 11) is 0. The highest BCUT2D eigenvalue weighted by Gasteiger charge is 2.11. The molecule has 6 nitrogen and oxygen atoms in total. The largest absolute Gasteiger partial charge is 0.298 e. The van der Waals surface area contributed by atoms with E-state index in [9.17, 15) is 4.79 Å². The molecule has 0 saturated carbocycles. The zero-order chi connectivity index (χ0) is 13.4. The average molecular weight is 255 g/mol. The number of H-pyrrole nitrogens is 1. The number of nitrogens with zero attached hydrogens (tertiary/aromatic N) is 4. The average Bonchev–Trinajstić information content (AvgIpc) is 2.76. The second-order valence-corrected chi connectivity index (χ2v) is 4.59. The first-order valence-corrected chi connectivity index (χ1v) is 5.99. The lowest BCUT2D eigenvalue weighted by molar-refractivity contribution is 0.599. The van der Waals surface area contributed by atoms with Crippen LogP contribution in [0.15, 0.2) is 29.1 Å². The molecular formula is C13H13N5O. The predicted molar refractivity (Wildman–Crippen MR) is 71.0 cm³/mol. The van der Waals surface area contributed by atoms with Crippen molar-refractivity contribution in [1.29, 1.82) is 0 Å². The van der Waals surface area contributed by atoms with Crippen molar-refractivity contribution < 1.29 is 0 Å². The highest BCUT2D eigenvalue weighted by molar-refractivity contribution is 5.74. The Morgan fingerprint density at radius 1 is 1.26 bits per heavy atom. The maximum absolute atomic E-state index is 12.2. The van der Waals surface area contributed by atoms with Crippen molar-refractivity contribution in [2.24, 2.45) is 0 Å². The van der Waals surface area contributed by atoms with E-state index in [2.05, 4.69) is 20.5 Å². The van der Waals surface area contributed by atoms with Gasteiger partial charge in [-0.1, -0.05) is 35.0 Å². The van der Waals surface area contributed by atoms with Crippen LogP contribution in [0.4, 0.5) is 0 Å². The second-order valence-electron chi connectivity index (χ2n) is 4.59. The Bertz CT molecular complexity index is 802. The van der Waals surface area contributed by atoms with Gasteiger partial charge in [-0.3, -0.25) is 9.89 Å². The van der Waals surface area contributed by atoms with Gasteiger partial charge in [0.2, 0.25) is 0 Å². The summed E-state index contributed by atoms with van der Waals surface area (Å²) < 4.78 is 1.33. The fraction of sp³-hybridized carbons (Fsp3) is 0.231. The maximum atomic E-state index is 12.2. The molecule has 3 rings (SSSR count). The molecule has 0 unspecified atom stereocenters. The lowest BCUT2D eigenvalue weighted by Crippen LogP contribution is -2.24. The molecule has 0 aliphatic carbocycles. The molecule has 0 saturated heterocycles. The number of aromatic amines is 1. The van der Waals surface area contributed by atoms with E-state index in [0.717, 1.165) is 16.8 Å². The topological polar surface area (TPSA) is 76.5 Å². The monoisotopic (exact) mass is 255 g/mol. The van der Waals surface area contributed by atoms with Gasteiger partial charge in [0.15, 0.2) is 5.52 Å². The summed E-state index contributed by atoms with van der Waals surface area (Å²) in [5.74, 6) is 0. The number of benzene rings is 1. The normalized spacial score (nSPS) is 11.1. The maximum Gasteiger partial charge on any atom is 0.298 e. The van der Waals surface area contributed by atoms with E-state index < -0.39 is 0 Å². The van der Waals surface area contributed by atoms with Crippen LogP contribution in [0, 0.1) is 13.8 Å². The Hall–Kier alpha value is -2.50. The number of aryl methyl sites for hydroxylation is 2. The lowest BCUT2D eigenvalue weighted by Gasteiger charge is -2.04. The van der Waals surface area contributed by atoms with Gasteiger partial charge in [-0.15, -0.1) is 5.10 Å². The van der Waals surface area contributed by atoms with E-state index in [4.69, 9.17) is 0 Å². The summed E-state index contributed by atoms with van der Waals surface area (Å²) in [5.41, 5.74) is 3.56. The van der Waals surface area contributed by atoms with Crippen LogP contribution in [-0.4, -0.2) is 25.2 Å². The molecule has 19 heavy (non-hydrogen) atoms. The SMILES string of the molecule is Cc1cccc(Cn2nnc3c(C)[nH]nc3c2=O)c1. The Morgan fingerprint density at radius 2 is 2.11 bits per heavy atom. The van der Waals surface area contributed by atoms with Crippen LogP contribution in [0.2, 0.25) is 0 Å². The van der Waals surface area contributed by atoms with Gasteiger partial charge in [0.25, 0.3) is 5.56 Å². The molecule has 0 fully saturated rings. The minimum absolute atomic E-state index is 0.226. The second kappa shape index (κ2) is 4.31. The number of rotatable bonds is 2. The van der Waals surface area contributed by atoms with Gasteiger partial charge in [-0.2, -0.15) is 5.10 Å². The molecule has 1 aromatic carbocycles. The smallest absolute Gasteiger partial charge is 0.280 e. The molecule has 3 aromatic rings.